The van der Waals surface area contributed by atoms with Gasteiger partial charge in [-0.15, -0.1) is 0 Å². The Balaban J connectivity index is 4.16. The molecule has 0 fully saturated rings. The van der Waals surface area contributed by atoms with Gasteiger partial charge in [0.15, 0.2) is 6.10 Å². The molecule has 0 aromatic rings. The van der Waals surface area contributed by atoms with Crippen LogP contribution in [0.25, 0.3) is 0 Å². The molecule has 0 bridgehead atoms. The minimum atomic E-state index is -4.39. The molecule has 0 radical (unpaired) electrons. The van der Waals surface area contributed by atoms with Gasteiger partial charge >= 0.3 is 19.8 Å². The summed E-state index contributed by atoms with van der Waals surface area (Å²) in [6.45, 7) is 3.65. The molecule has 0 spiro atoms. The highest BCUT2D eigenvalue weighted by molar-refractivity contribution is 7.47. The first-order valence-corrected chi connectivity index (χ1v) is 25.3. The molecule has 59 heavy (non-hydrogen) atoms. The lowest BCUT2D eigenvalue weighted by Crippen LogP contribution is -2.29. The van der Waals surface area contributed by atoms with Crippen molar-refractivity contribution in [2.45, 2.75) is 213 Å². The molecule has 0 aliphatic rings. The zero-order valence-corrected chi connectivity index (χ0v) is 38.6. The normalized spacial score (nSPS) is 13.8. The Bertz CT molecular complexity index is 1150. The highest BCUT2D eigenvalue weighted by Crippen LogP contribution is 2.43. The summed E-state index contributed by atoms with van der Waals surface area (Å²) >= 11 is 0. The van der Waals surface area contributed by atoms with E-state index >= 15 is 0 Å². The third kappa shape index (κ3) is 45.1. The number of carbonyl (C=O) groups excluding carboxylic acids is 2. The van der Waals surface area contributed by atoms with E-state index in [1.807, 2.05) is 0 Å². The molecule has 0 aliphatic heterocycles. The Morgan fingerprint density at radius 2 is 0.898 bits per heavy atom. The Kier molecular flexibility index (Phi) is 43.5. The maximum absolute atomic E-state index is 12.6. The third-order valence-electron chi connectivity index (χ3n) is 9.88. The summed E-state index contributed by atoms with van der Waals surface area (Å²) in [4.78, 5) is 34.9. The van der Waals surface area contributed by atoms with Crippen molar-refractivity contribution in [1.82, 2.24) is 0 Å². The SMILES string of the molecule is CCCCC/C=C\C/C=C\C/C=C\C/C=C\CCCC(=O)OC[C@H](COP(=O)(O)OCCN)OC(=O)CCCCCCCCCCCCC/C=C\CCCCCCCC. The largest absolute Gasteiger partial charge is 0.472 e. The Hall–Kier alpha value is -2.29. The van der Waals surface area contributed by atoms with Crippen LogP contribution in [0.2, 0.25) is 0 Å². The first-order valence-electron chi connectivity index (χ1n) is 23.8. The van der Waals surface area contributed by atoms with Gasteiger partial charge in [-0.25, -0.2) is 4.57 Å². The number of carbonyl (C=O) groups is 2. The van der Waals surface area contributed by atoms with E-state index in [-0.39, 0.29) is 32.6 Å². The fraction of sp³-hybridized carbons (Fsp3) is 0.755. The molecule has 2 atom stereocenters. The molecule has 0 rings (SSSR count). The molecule has 0 aromatic heterocycles. The van der Waals surface area contributed by atoms with Crippen molar-refractivity contribution in [1.29, 1.82) is 0 Å². The molecule has 342 valence electrons. The Morgan fingerprint density at radius 1 is 0.508 bits per heavy atom. The van der Waals surface area contributed by atoms with Crippen molar-refractivity contribution in [3.63, 3.8) is 0 Å². The molecule has 0 aromatic carbocycles. The molecule has 10 heteroatoms. The van der Waals surface area contributed by atoms with Gasteiger partial charge in [-0.3, -0.25) is 18.6 Å². The van der Waals surface area contributed by atoms with Gasteiger partial charge < -0.3 is 20.1 Å². The first-order chi connectivity index (χ1) is 28.8. The summed E-state index contributed by atoms with van der Waals surface area (Å²) in [7, 11) is -4.39. The number of hydrogen-bond donors (Lipinski definition) is 2. The van der Waals surface area contributed by atoms with Crippen LogP contribution >= 0.6 is 7.82 Å². The molecule has 0 saturated carbocycles. The average molecular weight is 850 g/mol. The first kappa shape index (κ1) is 56.7. The lowest BCUT2D eigenvalue weighted by Gasteiger charge is -2.19. The van der Waals surface area contributed by atoms with Crippen molar-refractivity contribution >= 4 is 19.8 Å². The number of phosphoric ester groups is 1. The number of esters is 2. The molecular weight excluding hydrogens is 762 g/mol. The van der Waals surface area contributed by atoms with Gasteiger partial charge in [-0.05, 0) is 77.0 Å². The van der Waals surface area contributed by atoms with Crippen LogP contribution in [0.4, 0.5) is 0 Å². The Labute approximate surface area is 361 Å². The van der Waals surface area contributed by atoms with Gasteiger partial charge in [-0.2, -0.15) is 0 Å². The third-order valence-corrected chi connectivity index (χ3v) is 10.9. The summed E-state index contributed by atoms with van der Waals surface area (Å²) < 4.78 is 32.8. The van der Waals surface area contributed by atoms with Crippen molar-refractivity contribution in [2.24, 2.45) is 5.73 Å². The summed E-state index contributed by atoms with van der Waals surface area (Å²) in [6.07, 6.45) is 54.0. The highest BCUT2D eigenvalue weighted by atomic mass is 31.2. The molecule has 0 saturated heterocycles. The Morgan fingerprint density at radius 3 is 1.41 bits per heavy atom. The summed E-state index contributed by atoms with van der Waals surface area (Å²) in [5.74, 6) is -0.894. The number of ether oxygens (including phenoxy) is 2. The lowest BCUT2D eigenvalue weighted by molar-refractivity contribution is -0.161. The second kappa shape index (κ2) is 45.2. The molecule has 9 nitrogen and oxygen atoms in total. The van der Waals surface area contributed by atoms with E-state index < -0.39 is 32.5 Å². The predicted octanol–water partition coefficient (Wildman–Crippen LogP) is 14.1. The van der Waals surface area contributed by atoms with E-state index in [2.05, 4.69) is 74.6 Å². The number of nitrogens with two attached hydrogens (primary N) is 1. The highest BCUT2D eigenvalue weighted by Gasteiger charge is 2.26. The summed E-state index contributed by atoms with van der Waals surface area (Å²) in [5.41, 5.74) is 5.35. The van der Waals surface area contributed by atoms with Crippen molar-refractivity contribution in [2.75, 3.05) is 26.4 Å². The zero-order valence-electron chi connectivity index (χ0n) is 37.7. The van der Waals surface area contributed by atoms with E-state index in [1.54, 1.807) is 0 Å². The van der Waals surface area contributed by atoms with Crippen LogP contribution in [0, 0.1) is 0 Å². The van der Waals surface area contributed by atoms with Crippen LogP contribution in [-0.4, -0.2) is 49.3 Å². The second-order valence-corrected chi connectivity index (χ2v) is 17.1. The number of unbranched alkanes of at least 4 members (excludes halogenated alkanes) is 21. The second-order valence-electron chi connectivity index (χ2n) is 15.6. The summed E-state index contributed by atoms with van der Waals surface area (Å²) in [5, 5.41) is 0. The van der Waals surface area contributed by atoms with E-state index in [1.165, 1.54) is 122 Å². The molecule has 3 N–H and O–H groups in total. The zero-order chi connectivity index (χ0) is 43.2. The van der Waals surface area contributed by atoms with Gasteiger partial charge in [0, 0.05) is 19.4 Å². The molecular formula is C49H88NO8P. The quantitative estimate of drug-likeness (QED) is 0.0266. The minimum Gasteiger partial charge on any atom is -0.462 e. The fourth-order valence-corrected chi connectivity index (χ4v) is 7.09. The maximum atomic E-state index is 12.6. The lowest BCUT2D eigenvalue weighted by atomic mass is 10.0. The van der Waals surface area contributed by atoms with Crippen molar-refractivity contribution < 1.29 is 37.6 Å². The van der Waals surface area contributed by atoms with Gasteiger partial charge in [0.25, 0.3) is 0 Å². The van der Waals surface area contributed by atoms with Gasteiger partial charge in [-0.1, -0.05) is 177 Å². The van der Waals surface area contributed by atoms with Gasteiger partial charge in [0.1, 0.15) is 6.61 Å². The average Bonchev–Trinajstić information content (AvgIpc) is 3.22. The van der Waals surface area contributed by atoms with E-state index in [9.17, 15) is 19.0 Å². The monoisotopic (exact) mass is 850 g/mol. The van der Waals surface area contributed by atoms with Crippen molar-refractivity contribution in [3.8, 4) is 0 Å². The van der Waals surface area contributed by atoms with Gasteiger partial charge in [0.05, 0.1) is 13.2 Å². The summed E-state index contributed by atoms with van der Waals surface area (Å²) in [6, 6.07) is 0. The molecule has 0 amide bonds. The van der Waals surface area contributed by atoms with Crippen LogP contribution in [0.5, 0.6) is 0 Å². The standard InChI is InChI=1S/C49H88NO8P/c1-3-5-7-9-11-13-15-17-19-21-22-23-24-26-28-30-32-34-36-38-40-42-49(52)58-47(46-57-59(53,54)56-44-43-50)45-55-48(51)41-39-37-35-33-31-29-27-25-20-18-16-14-12-10-8-6-4-2/h12,14,17-20,27,29,33,35,47H,3-11,13,15-16,21-26,28,30-32,34,36-46,50H2,1-2H3,(H,53,54)/b14-12-,19-17-,20-18-,29-27-,35-33-/t47-/m1/s1. The molecule has 1 unspecified atom stereocenters. The minimum absolute atomic E-state index is 0.0443. The topological polar surface area (TPSA) is 134 Å². The van der Waals surface area contributed by atoms with Crippen LogP contribution < -0.4 is 5.73 Å². The van der Waals surface area contributed by atoms with Gasteiger partial charge in [0.2, 0.25) is 0 Å². The molecule has 0 aliphatic carbocycles. The fourth-order valence-electron chi connectivity index (χ4n) is 6.33. The van der Waals surface area contributed by atoms with Crippen LogP contribution in [0.1, 0.15) is 206 Å². The number of rotatable bonds is 44. The number of phosphoric acid groups is 1. The number of hydrogen-bond acceptors (Lipinski definition) is 8. The smallest absolute Gasteiger partial charge is 0.462 e. The predicted molar refractivity (Wildman–Crippen MR) is 247 cm³/mol. The van der Waals surface area contributed by atoms with Crippen LogP contribution in [0.3, 0.4) is 0 Å². The van der Waals surface area contributed by atoms with Crippen molar-refractivity contribution in [3.05, 3.63) is 60.8 Å². The maximum Gasteiger partial charge on any atom is 0.472 e. The molecule has 0 heterocycles. The number of allylic oxidation sites excluding steroid dienone is 10. The van der Waals surface area contributed by atoms with Crippen LogP contribution in [0.15, 0.2) is 60.8 Å². The van der Waals surface area contributed by atoms with E-state index in [0.717, 1.165) is 44.9 Å². The van der Waals surface area contributed by atoms with E-state index in [0.29, 0.717) is 12.8 Å². The van der Waals surface area contributed by atoms with Crippen LogP contribution in [-0.2, 0) is 32.7 Å². The van der Waals surface area contributed by atoms with E-state index in [4.69, 9.17) is 24.3 Å².